The fraction of sp³-hybridized carbons (Fsp3) is 0.241. The molecule has 5 rings (SSSR count). The molecule has 4 aromatic rings. The molecule has 2 aromatic carbocycles. The number of amides is 2. The number of carbonyl (C=O) groups excluding carboxylic acids is 2. The van der Waals surface area contributed by atoms with Crippen molar-refractivity contribution in [2.75, 3.05) is 24.3 Å². The maximum absolute atomic E-state index is 13.2. The van der Waals surface area contributed by atoms with Crippen LogP contribution in [0.15, 0.2) is 67.1 Å². The molecular weight excluding hydrogens is 560 g/mol. The van der Waals surface area contributed by atoms with Gasteiger partial charge in [0, 0.05) is 57.0 Å². The Kier molecular flexibility index (Phi) is 8.93. The second-order valence-corrected chi connectivity index (χ2v) is 10.1. The second-order valence-electron chi connectivity index (χ2n) is 9.69. The smallest absolute Gasteiger partial charge is 0.411 e. The highest BCUT2D eigenvalue weighted by atomic mass is 35.5. The van der Waals surface area contributed by atoms with Crippen molar-refractivity contribution in [1.29, 1.82) is 0 Å². The number of carbonyl (C=O) groups is 2. The van der Waals surface area contributed by atoms with E-state index in [2.05, 4.69) is 31.5 Å². The Morgan fingerprint density at radius 1 is 1.17 bits per heavy atom. The standard InChI is InChI=1S/C29H29ClN8O4/c1-42-29(40)33-22-8-9-23-19-12-14-38(41)27(16-19)24(5-3-2-4-13-31-25(23)17-22)34-28(39)11-6-20-15-21(30)7-10-26(20)37-18-32-35-36-37/h6-12,14-18,24,41H,2-5,13H2,1H3,(H2,31,33,34,39,40)/p+1/b11-6+,23-19?/t24-/m0/s1. The molecule has 0 aliphatic carbocycles. The highest BCUT2D eigenvalue weighted by Gasteiger charge is 2.26. The minimum atomic E-state index is -0.555. The van der Waals surface area contributed by atoms with Gasteiger partial charge in [0.2, 0.25) is 12.1 Å². The molecule has 0 fully saturated rings. The molecule has 12 nitrogen and oxygen atoms in total. The predicted molar refractivity (Wildman–Crippen MR) is 156 cm³/mol. The number of pyridine rings is 1. The number of rotatable bonds is 5. The number of methoxy groups -OCH3 is 1. The van der Waals surface area contributed by atoms with Crippen molar-refractivity contribution < 1.29 is 24.3 Å². The maximum Gasteiger partial charge on any atom is 0.411 e. The quantitative estimate of drug-likeness (QED) is 0.151. The first kappa shape index (κ1) is 28.6. The number of anilines is 2. The number of halogens is 1. The minimum Gasteiger partial charge on any atom is -0.453 e. The highest BCUT2D eigenvalue weighted by Crippen LogP contribution is 2.33. The Bertz CT molecular complexity index is 1610. The van der Waals surface area contributed by atoms with Gasteiger partial charge in [0.25, 0.3) is 5.69 Å². The summed E-state index contributed by atoms with van der Waals surface area (Å²) < 4.78 is 7.24. The van der Waals surface area contributed by atoms with Crippen molar-refractivity contribution in [2.24, 2.45) is 0 Å². The molecule has 4 N–H and O–H groups in total. The summed E-state index contributed by atoms with van der Waals surface area (Å²) in [4.78, 5) is 24.9. The third-order valence-electron chi connectivity index (χ3n) is 6.88. The summed E-state index contributed by atoms with van der Waals surface area (Å²) >= 11 is 6.21. The highest BCUT2D eigenvalue weighted by molar-refractivity contribution is 6.30. The van der Waals surface area contributed by atoms with Crippen LogP contribution in [0.4, 0.5) is 16.2 Å². The van der Waals surface area contributed by atoms with Gasteiger partial charge in [-0.25, -0.2) is 4.79 Å². The monoisotopic (exact) mass is 589 g/mol. The number of benzene rings is 2. The van der Waals surface area contributed by atoms with Crippen LogP contribution in [0.3, 0.4) is 0 Å². The number of ether oxygens (including phenoxy) is 1. The summed E-state index contributed by atoms with van der Waals surface area (Å²) in [6.07, 6.45) is 8.81. The van der Waals surface area contributed by atoms with Gasteiger partial charge in [-0.3, -0.25) is 15.3 Å². The van der Waals surface area contributed by atoms with Gasteiger partial charge < -0.3 is 15.4 Å². The summed E-state index contributed by atoms with van der Waals surface area (Å²) in [6.45, 7) is 0.734. The molecule has 2 amide bonds. The van der Waals surface area contributed by atoms with Crippen LogP contribution in [0.5, 0.6) is 0 Å². The molecule has 3 heterocycles. The van der Waals surface area contributed by atoms with Gasteiger partial charge >= 0.3 is 6.09 Å². The van der Waals surface area contributed by atoms with Gasteiger partial charge in [-0.1, -0.05) is 30.5 Å². The topological polar surface area (TPSA) is 147 Å². The molecule has 0 saturated carbocycles. The van der Waals surface area contributed by atoms with E-state index in [1.165, 1.54) is 24.2 Å². The van der Waals surface area contributed by atoms with Gasteiger partial charge in [0.1, 0.15) is 12.4 Å². The van der Waals surface area contributed by atoms with Crippen LogP contribution in [0.1, 0.15) is 43.0 Å². The summed E-state index contributed by atoms with van der Waals surface area (Å²) in [5.41, 5.74) is 5.00. The van der Waals surface area contributed by atoms with E-state index in [4.69, 9.17) is 16.3 Å². The van der Waals surface area contributed by atoms with E-state index < -0.39 is 12.1 Å². The zero-order chi connectivity index (χ0) is 29.5. The van der Waals surface area contributed by atoms with E-state index in [0.29, 0.717) is 34.1 Å². The lowest BCUT2D eigenvalue weighted by Gasteiger charge is -2.19. The fourth-order valence-electron chi connectivity index (χ4n) is 4.82. The molecule has 42 heavy (non-hydrogen) atoms. The van der Waals surface area contributed by atoms with Crippen molar-refractivity contribution in [3.05, 3.63) is 83.4 Å². The summed E-state index contributed by atoms with van der Waals surface area (Å²) in [5, 5.41) is 31.8. The lowest BCUT2D eigenvalue weighted by Crippen LogP contribution is -2.41. The first-order chi connectivity index (χ1) is 20.4. The van der Waals surface area contributed by atoms with Crippen LogP contribution in [0, 0.1) is 0 Å². The molecular formula is C29H30ClN8O4+. The maximum atomic E-state index is 13.2. The van der Waals surface area contributed by atoms with Gasteiger partial charge in [0.15, 0.2) is 0 Å². The van der Waals surface area contributed by atoms with Crippen LogP contribution >= 0.6 is 11.6 Å². The lowest BCUT2D eigenvalue weighted by molar-refractivity contribution is -0.910. The predicted octanol–water partition coefficient (Wildman–Crippen LogP) is 4.54. The van der Waals surface area contributed by atoms with Crippen LogP contribution in [-0.2, 0) is 9.53 Å². The molecule has 0 radical (unpaired) electrons. The molecule has 216 valence electrons. The molecule has 13 heteroatoms. The molecule has 0 spiro atoms. The van der Waals surface area contributed by atoms with E-state index in [0.717, 1.165) is 47.4 Å². The Morgan fingerprint density at radius 3 is 2.86 bits per heavy atom. The van der Waals surface area contributed by atoms with Gasteiger partial charge in [0.05, 0.1) is 12.8 Å². The van der Waals surface area contributed by atoms with Crippen LogP contribution in [0.2, 0.25) is 5.02 Å². The Hall–Kier alpha value is -4.97. The first-order valence-corrected chi connectivity index (χ1v) is 13.8. The molecule has 2 aromatic heterocycles. The van der Waals surface area contributed by atoms with E-state index in [1.54, 1.807) is 42.6 Å². The third kappa shape index (κ3) is 6.84. The zero-order valence-electron chi connectivity index (χ0n) is 22.8. The molecule has 0 unspecified atom stereocenters. The van der Waals surface area contributed by atoms with Crippen LogP contribution in [-0.4, -0.2) is 51.1 Å². The zero-order valence-corrected chi connectivity index (χ0v) is 23.6. The molecule has 1 aliphatic rings. The van der Waals surface area contributed by atoms with Crippen molar-refractivity contribution in [3.8, 4) is 16.8 Å². The summed E-state index contributed by atoms with van der Waals surface area (Å²) in [7, 11) is 1.31. The number of aromatic nitrogens is 5. The average Bonchev–Trinajstić information content (AvgIpc) is 3.52. The number of fused-ring (bicyclic) bond motifs is 4. The largest absolute Gasteiger partial charge is 0.453 e. The Morgan fingerprint density at radius 2 is 2.05 bits per heavy atom. The van der Waals surface area contributed by atoms with Crippen LogP contribution in [0.25, 0.3) is 22.9 Å². The average molecular weight is 590 g/mol. The normalized spacial score (nSPS) is 15.0. The van der Waals surface area contributed by atoms with E-state index in [9.17, 15) is 14.8 Å². The molecule has 2 bridgehead atoms. The Labute approximate surface area is 246 Å². The second kappa shape index (κ2) is 13.1. The minimum absolute atomic E-state index is 0.333. The van der Waals surface area contributed by atoms with Gasteiger partial charge in [-0.2, -0.15) is 4.68 Å². The summed E-state index contributed by atoms with van der Waals surface area (Å²) in [6, 6.07) is 13.9. The fourth-order valence-corrected chi connectivity index (χ4v) is 5.00. The van der Waals surface area contributed by atoms with E-state index >= 15 is 0 Å². The summed E-state index contributed by atoms with van der Waals surface area (Å²) in [5.74, 6) is -0.333. The van der Waals surface area contributed by atoms with Gasteiger partial charge in [-0.15, -0.1) is 5.10 Å². The van der Waals surface area contributed by atoms with Crippen molar-refractivity contribution in [1.82, 2.24) is 25.5 Å². The SMILES string of the molecule is COC(=O)Nc1ccc2c(c1)NCCCCC[C@H](NC(=O)/C=C/c1cc(Cl)ccc1-n1cnnn1)c1cc-2cc[n+]1O. The van der Waals surface area contributed by atoms with Crippen LogP contribution < -0.4 is 20.7 Å². The number of nitrogens with one attached hydrogen (secondary N) is 3. The number of hydrogen-bond acceptors (Lipinski definition) is 8. The molecule has 0 saturated heterocycles. The van der Waals surface area contributed by atoms with Crippen molar-refractivity contribution in [3.63, 3.8) is 0 Å². The van der Waals surface area contributed by atoms with E-state index in [-0.39, 0.29) is 5.91 Å². The number of hydrogen-bond donors (Lipinski definition) is 4. The third-order valence-corrected chi connectivity index (χ3v) is 7.12. The van der Waals surface area contributed by atoms with Crippen molar-refractivity contribution >= 4 is 41.1 Å². The lowest BCUT2D eigenvalue weighted by atomic mass is 9.98. The van der Waals surface area contributed by atoms with E-state index in [1.807, 2.05) is 18.2 Å². The Balaban J connectivity index is 1.43. The first-order valence-electron chi connectivity index (χ1n) is 13.4. The van der Waals surface area contributed by atoms with Crippen molar-refractivity contribution in [2.45, 2.75) is 31.7 Å². The molecule has 1 aliphatic heterocycles. The van der Waals surface area contributed by atoms with Gasteiger partial charge in [-0.05, 0) is 65.2 Å². The molecule has 1 atom stereocenters. The number of tetrazole rings is 1. The number of nitrogens with zero attached hydrogens (tertiary/aromatic N) is 5.